The summed E-state index contributed by atoms with van der Waals surface area (Å²) in [6.07, 6.45) is 5.25. The van der Waals surface area contributed by atoms with Crippen molar-refractivity contribution in [1.82, 2.24) is 19.9 Å². The number of anilines is 1. The molecule has 2 aromatic heterocycles. The van der Waals surface area contributed by atoms with E-state index in [1.165, 1.54) is 0 Å². The topological polar surface area (TPSA) is 85.3 Å². The number of nitrogens with one attached hydrogen (secondary N) is 1. The first-order valence-corrected chi connectivity index (χ1v) is 9.06. The largest absolute Gasteiger partial charge is 0.383 e. The summed E-state index contributed by atoms with van der Waals surface area (Å²) in [7, 11) is 2.10. The van der Waals surface area contributed by atoms with Gasteiger partial charge in [0.1, 0.15) is 23.9 Å². The maximum absolute atomic E-state index is 12.2. The molecule has 7 heteroatoms. The van der Waals surface area contributed by atoms with Gasteiger partial charge in [-0.05, 0) is 37.2 Å². The third-order valence-electron chi connectivity index (χ3n) is 5.92. The lowest BCUT2D eigenvalue weighted by atomic mass is 10.0. The van der Waals surface area contributed by atoms with E-state index in [0.717, 1.165) is 42.8 Å². The molecule has 2 aliphatic rings. The van der Waals surface area contributed by atoms with Crippen LogP contribution in [0, 0.1) is 11.8 Å². The van der Waals surface area contributed by atoms with E-state index in [1.807, 2.05) is 24.1 Å². The summed E-state index contributed by atoms with van der Waals surface area (Å²) in [6, 6.07) is 2.44. The van der Waals surface area contributed by atoms with E-state index in [1.54, 1.807) is 6.33 Å². The van der Waals surface area contributed by atoms with Crippen LogP contribution >= 0.6 is 0 Å². The number of carbonyl (C=O) groups excluding carboxylic acids is 1. The molecular weight excluding hydrogens is 318 g/mol. The Hall–Kier alpha value is -2.15. The Morgan fingerprint density at radius 3 is 2.80 bits per heavy atom. The standard InChI is InChI=1S/C18H25N5O2/c1-3-15(24)18(25)23-8-11-6-13(7-12(11)9-23)22(2)17-14-4-5-19-16(14)20-10-21-17/h4-5,10-13,15,24H,3,6-9H2,1-2H3,(H,19,20,21). The van der Waals surface area contributed by atoms with Crippen molar-refractivity contribution in [3.63, 3.8) is 0 Å². The van der Waals surface area contributed by atoms with E-state index in [4.69, 9.17) is 0 Å². The van der Waals surface area contributed by atoms with Crippen molar-refractivity contribution in [3.05, 3.63) is 18.6 Å². The molecule has 0 spiro atoms. The fourth-order valence-electron chi connectivity index (χ4n) is 4.46. The van der Waals surface area contributed by atoms with Crippen molar-refractivity contribution >= 4 is 22.8 Å². The van der Waals surface area contributed by atoms with Crippen molar-refractivity contribution in [2.24, 2.45) is 11.8 Å². The maximum Gasteiger partial charge on any atom is 0.251 e. The fraction of sp³-hybridized carbons (Fsp3) is 0.611. The lowest BCUT2D eigenvalue weighted by Crippen LogP contribution is -2.39. The van der Waals surface area contributed by atoms with Gasteiger partial charge in [0.2, 0.25) is 0 Å². The number of fused-ring (bicyclic) bond motifs is 2. The predicted molar refractivity (Wildman–Crippen MR) is 95.2 cm³/mol. The van der Waals surface area contributed by atoms with Crippen LogP contribution in [0.25, 0.3) is 11.0 Å². The number of aliphatic hydroxyl groups is 1. The second-order valence-corrected chi connectivity index (χ2v) is 7.36. The minimum absolute atomic E-state index is 0.105. The van der Waals surface area contributed by atoms with Gasteiger partial charge in [0, 0.05) is 32.4 Å². The van der Waals surface area contributed by atoms with Gasteiger partial charge in [0.15, 0.2) is 0 Å². The zero-order valence-corrected chi connectivity index (χ0v) is 14.7. The van der Waals surface area contributed by atoms with Crippen molar-refractivity contribution in [2.45, 2.75) is 38.3 Å². The quantitative estimate of drug-likeness (QED) is 0.876. The van der Waals surface area contributed by atoms with E-state index in [2.05, 4.69) is 26.9 Å². The third kappa shape index (κ3) is 2.76. The molecule has 1 aliphatic carbocycles. The van der Waals surface area contributed by atoms with Crippen LogP contribution < -0.4 is 4.90 Å². The highest BCUT2D eigenvalue weighted by Crippen LogP contribution is 2.41. The van der Waals surface area contributed by atoms with E-state index in [9.17, 15) is 9.90 Å². The molecule has 3 heterocycles. The number of nitrogens with zero attached hydrogens (tertiary/aromatic N) is 4. The molecular formula is C18H25N5O2. The summed E-state index contributed by atoms with van der Waals surface area (Å²) in [6.45, 7) is 3.39. The number of aliphatic hydroxyl groups excluding tert-OH is 1. The van der Waals surface area contributed by atoms with Crippen LogP contribution in [0.2, 0.25) is 0 Å². The zero-order valence-electron chi connectivity index (χ0n) is 14.7. The molecule has 0 bridgehead atoms. The smallest absolute Gasteiger partial charge is 0.251 e. The maximum atomic E-state index is 12.2. The van der Waals surface area contributed by atoms with Gasteiger partial charge in [-0.15, -0.1) is 0 Å². The first-order chi connectivity index (χ1) is 12.1. The summed E-state index contributed by atoms with van der Waals surface area (Å²) in [5.41, 5.74) is 0.861. The lowest BCUT2D eigenvalue weighted by Gasteiger charge is -2.28. The molecule has 3 atom stereocenters. The average molecular weight is 343 g/mol. The van der Waals surface area contributed by atoms with Crippen molar-refractivity contribution in [2.75, 3.05) is 25.0 Å². The van der Waals surface area contributed by atoms with Crippen molar-refractivity contribution in [3.8, 4) is 0 Å². The molecule has 2 aromatic rings. The van der Waals surface area contributed by atoms with Crippen molar-refractivity contribution in [1.29, 1.82) is 0 Å². The van der Waals surface area contributed by atoms with Crippen molar-refractivity contribution < 1.29 is 9.90 Å². The van der Waals surface area contributed by atoms with Gasteiger partial charge in [-0.2, -0.15) is 0 Å². The van der Waals surface area contributed by atoms with Crippen LogP contribution in [0.3, 0.4) is 0 Å². The molecule has 4 rings (SSSR count). The Balaban J connectivity index is 1.45. The normalized spacial score (nSPS) is 26.8. The van der Waals surface area contributed by atoms with Gasteiger partial charge in [0.25, 0.3) is 5.91 Å². The minimum atomic E-state index is -0.847. The van der Waals surface area contributed by atoms with Gasteiger partial charge < -0.3 is 19.9 Å². The van der Waals surface area contributed by atoms with Gasteiger partial charge in [-0.25, -0.2) is 9.97 Å². The van der Waals surface area contributed by atoms with Crippen LogP contribution in [-0.2, 0) is 4.79 Å². The highest BCUT2D eigenvalue weighted by Gasteiger charge is 2.44. The molecule has 134 valence electrons. The van der Waals surface area contributed by atoms with E-state index < -0.39 is 6.10 Å². The number of likely N-dealkylation sites (tertiary alicyclic amines) is 1. The zero-order chi connectivity index (χ0) is 17.6. The SMILES string of the molecule is CCC(O)C(=O)N1CC2CC(N(C)c3ncnc4[nH]ccc34)CC2C1. The molecule has 1 saturated heterocycles. The highest BCUT2D eigenvalue weighted by atomic mass is 16.3. The summed E-state index contributed by atoms with van der Waals surface area (Å²) in [5.74, 6) is 1.89. The molecule has 0 aromatic carbocycles. The second-order valence-electron chi connectivity index (χ2n) is 7.36. The molecule has 2 N–H and O–H groups in total. The number of hydrogen-bond acceptors (Lipinski definition) is 5. The fourth-order valence-corrected chi connectivity index (χ4v) is 4.46. The summed E-state index contributed by atoms with van der Waals surface area (Å²) < 4.78 is 0. The summed E-state index contributed by atoms with van der Waals surface area (Å²) in [5, 5.41) is 10.8. The van der Waals surface area contributed by atoms with Crippen LogP contribution in [0.5, 0.6) is 0 Å². The molecule has 2 fully saturated rings. The second kappa shape index (κ2) is 6.29. The van der Waals surface area contributed by atoms with Crippen LogP contribution in [0.15, 0.2) is 18.6 Å². The highest BCUT2D eigenvalue weighted by molar-refractivity contribution is 5.87. The number of aromatic amines is 1. The molecule has 3 unspecified atom stereocenters. The number of amides is 1. The minimum Gasteiger partial charge on any atom is -0.383 e. The Labute approximate surface area is 147 Å². The van der Waals surface area contributed by atoms with Crippen LogP contribution in [-0.4, -0.2) is 63.1 Å². The molecule has 0 radical (unpaired) electrons. The first-order valence-electron chi connectivity index (χ1n) is 9.06. The molecule has 1 aliphatic heterocycles. The molecule has 7 nitrogen and oxygen atoms in total. The van der Waals surface area contributed by atoms with Gasteiger partial charge >= 0.3 is 0 Å². The predicted octanol–water partition coefficient (Wildman–Crippen LogP) is 1.40. The van der Waals surface area contributed by atoms with E-state index >= 15 is 0 Å². The first kappa shape index (κ1) is 16.3. The summed E-state index contributed by atoms with van der Waals surface area (Å²) >= 11 is 0. The van der Waals surface area contributed by atoms with E-state index in [0.29, 0.717) is 24.3 Å². The Morgan fingerprint density at radius 1 is 1.40 bits per heavy atom. The van der Waals surface area contributed by atoms with Gasteiger partial charge in [-0.3, -0.25) is 4.79 Å². The molecule has 1 amide bonds. The van der Waals surface area contributed by atoms with Gasteiger partial charge in [-0.1, -0.05) is 6.92 Å². The number of aromatic nitrogens is 3. The van der Waals surface area contributed by atoms with E-state index in [-0.39, 0.29) is 5.91 Å². The number of H-pyrrole nitrogens is 1. The number of carbonyl (C=O) groups is 1. The Bertz CT molecular complexity index is 762. The number of hydrogen-bond donors (Lipinski definition) is 2. The molecule has 1 saturated carbocycles. The molecule has 25 heavy (non-hydrogen) atoms. The van der Waals surface area contributed by atoms with Gasteiger partial charge in [0.05, 0.1) is 5.39 Å². The Kier molecular flexibility index (Phi) is 4.11. The third-order valence-corrected chi connectivity index (χ3v) is 5.92. The monoisotopic (exact) mass is 343 g/mol. The summed E-state index contributed by atoms with van der Waals surface area (Å²) in [4.78, 5) is 28.2. The average Bonchev–Trinajstić information content (AvgIpc) is 3.32. The lowest BCUT2D eigenvalue weighted by molar-refractivity contribution is -0.139. The number of rotatable bonds is 4. The van der Waals surface area contributed by atoms with Crippen LogP contribution in [0.1, 0.15) is 26.2 Å². The Morgan fingerprint density at radius 2 is 2.12 bits per heavy atom. The van der Waals surface area contributed by atoms with Crippen LogP contribution in [0.4, 0.5) is 5.82 Å².